The Balaban J connectivity index is 1.73. The first-order valence-electron chi connectivity index (χ1n) is 8.05. The fourth-order valence-corrected chi connectivity index (χ4v) is 3.96. The largest absolute Gasteiger partial charge is 0.380 e. The van der Waals surface area contributed by atoms with Gasteiger partial charge in [-0.15, -0.1) is 0 Å². The van der Waals surface area contributed by atoms with Crippen LogP contribution in [-0.4, -0.2) is 35.1 Å². The third-order valence-corrected chi connectivity index (χ3v) is 5.04. The van der Waals surface area contributed by atoms with Crippen molar-refractivity contribution in [2.45, 2.75) is 52.1 Å². The minimum atomic E-state index is 0.641. The summed E-state index contributed by atoms with van der Waals surface area (Å²) in [4.78, 5) is 6.98. The fraction of sp³-hybridized carbons (Fsp3) is 0.706. The lowest BCUT2D eigenvalue weighted by Crippen LogP contribution is -2.56. The summed E-state index contributed by atoms with van der Waals surface area (Å²) < 4.78 is 0. The summed E-state index contributed by atoms with van der Waals surface area (Å²) in [5.74, 6) is 1.59. The molecule has 0 aromatic carbocycles. The lowest BCUT2D eigenvalue weighted by molar-refractivity contribution is 0.0518. The molecule has 3 heteroatoms. The van der Waals surface area contributed by atoms with Crippen molar-refractivity contribution < 1.29 is 0 Å². The van der Waals surface area contributed by atoms with Gasteiger partial charge < -0.3 is 10.2 Å². The van der Waals surface area contributed by atoms with Crippen molar-refractivity contribution in [2.24, 2.45) is 11.8 Å². The zero-order valence-electron chi connectivity index (χ0n) is 13.0. The summed E-state index contributed by atoms with van der Waals surface area (Å²) in [6.45, 7) is 9.28. The van der Waals surface area contributed by atoms with E-state index in [9.17, 15) is 0 Å². The number of hydrogen-bond acceptors (Lipinski definition) is 3. The van der Waals surface area contributed by atoms with Crippen LogP contribution in [0.1, 0.15) is 38.7 Å². The number of nitrogens with one attached hydrogen (secondary N) is 1. The quantitative estimate of drug-likeness (QED) is 0.916. The van der Waals surface area contributed by atoms with E-state index in [0.717, 1.165) is 11.8 Å². The van der Waals surface area contributed by atoms with Crippen LogP contribution in [0.2, 0.25) is 0 Å². The molecule has 0 spiro atoms. The highest BCUT2D eigenvalue weighted by Gasteiger charge is 2.39. The molecule has 1 saturated heterocycles. The first kappa shape index (κ1) is 13.9. The molecule has 3 nitrogen and oxygen atoms in total. The zero-order chi connectivity index (χ0) is 14.1. The molecule has 0 amide bonds. The van der Waals surface area contributed by atoms with E-state index < -0.39 is 0 Å². The van der Waals surface area contributed by atoms with Gasteiger partial charge in [-0.1, -0.05) is 6.42 Å². The highest BCUT2D eigenvalue weighted by atomic mass is 15.2. The van der Waals surface area contributed by atoms with Crippen molar-refractivity contribution in [3.8, 4) is 0 Å². The van der Waals surface area contributed by atoms with Gasteiger partial charge in [0, 0.05) is 37.6 Å². The smallest absolute Gasteiger partial charge is 0.0531 e. The third kappa shape index (κ3) is 2.83. The van der Waals surface area contributed by atoms with Gasteiger partial charge >= 0.3 is 0 Å². The summed E-state index contributed by atoms with van der Waals surface area (Å²) in [5, 5.41) is 3.79. The molecule has 1 aromatic rings. The molecule has 1 N–H and O–H groups in total. The molecule has 3 rings (SSSR count). The lowest BCUT2D eigenvalue weighted by Gasteiger charge is -2.49. The van der Waals surface area contributed by atoms with Crippen molar-refractivity contribution in [2.75, 3.05) is 18.4 Å². The van der Waals surface area contributed by atoms with Gasteiger partial charge in [-0.3, -0.25) is 4.98 Å². The number of piperidine rings is 1. The van der Waals surface area contributed by atoms with E-state index >= 15 is 0 Å². The standard InChI is InChI=1S/C17H27N3/c1-12(2)20-10-14-5-4-6-15(11-20)17(14)19-16-7-13(3)8-18-9-16/h7-9,12,14-15,17,19H,4-6,10-11H2,1-3H3. The maximum absolute atomic E-state index is 4.31. The molecule has 2 atom stereocenters. The van der Waals surface area contributed by atoms with Gasteiger partial charge in [-0.25, -0.2) is 0 Å². The number of hydrogen-bond donors (Lipinski definition) is 1. The first-order valence-corrected chi connectivity index (χ1v) is 8.05. The molecule has 1 saturated carbocycles. The number of likely N-dealkylation sites (tertiary alicyclic amines) is 1. The van der Waals surface area contributed by atoms with Gasteiger partial charge in [0.25, 0.3) is 0 Å². The molecular formula is C17H27N3. The molecule has 1 aliphatic carbocycles. The number of nitrogens with zero attached hydrogens (tertiary/aromatic N) is 2. The van der Waals surface area contributed by atoms with Crippen LogP contribution < -0.4 is 5.32 Å². The predicted octanol–water partition coefficient (Wildman–Crippen LogP) is 3.31. The van der Waals surface area contributed by atoms with Crippen molar-refractivity contribution >= 4 is 5.69 Å². The summed E-state index contributed by atoms with van der Waals surface area (Å²) >= 11 is 0. The normalized spacial score (nSPS) is 30.5. The van der Waals surface area contributed by atoms with E-state index in [-0.39, 0.29) is 0 Å². The van der Waals surface area contributed by atoms with Crippen LogP contribution >= 0.6 is 0 Å². The Morgan fingerprint density at radius 3 is 2.50 bits per heavy atom. The lowest BCUT2D eigenvalue weighted by atomic mass is 9.73. The van der Waals surface area contributed by atoms with Gasteiger partial charge in [-0.05, 0) is 57.1 Å². The number of aromatic nitrogens is 1. The van der Waals surface area contributed by atoms with Gasteiger partial charge in [0.1, 0.15) is 0 Å². The molecule has 2 bridgehead atoms. The molecular weight excluding hydrogens is 246 g/mol. The second-order valence-electron chi connectivity index (χ2n) is 6.92. The van der Waals surface area contributed by atoms with E-state index in [0.29, 0.717) is 12.1 Å². The number of fused-ring (bicyclic) bond motifs is 2. The zero-order valence-corrected chi connectivity index (χ0v) is 13.0. The molecule has 2 unspecified atom stereocenters. The van der Waals surface area contributed by atoms with Gasteiger partial charge in [-0.2, -0.15) is 0 Å². The molecule has 110 valence electrons. The van der Waals surface area contributed by atoms with Gasteiger partial charge in [0.2, 0.25) is 0 Å². The maximum atomic E-state index is 4.31. The van der Waals surface area contributed by atoms with Crippen molar-refractivity contribution in [3.63, 3.8) is 0 Å². The average Bonchev–Trinajstić information content (AvgIpc) is 2.38. The van der Waals surface area contributed by atoms with Gasteiger partial charge in [0.15, 0.2) is 0 Å². The summed E-state index contributed by atoms with van der Waals surface area (Å²) in [6.07, 6.45) is 8.05. The summed E-state index contributed by atoms with van der Waals surface area (Å²) in [6, 6.07) is 3.54. The number of aryl methyl sites for hydroxylation is 1. The topological polar surface area (TPSA) is 28.2 Å². The van der Waals surface area contributed by atoms with E-state index in [1.54, 1.807) is 0 Å². The van der Waals surface area contributed by atoms with Crippen LogP contribution in [0.25, 0.3) is 0 Å². The summed E-state index contributed by atoms with van der Waals surface area (Å²) in [5.41, 5.74) is 2.43. The number of anilines is 1. The van der Waals surface area contributed by atoms with Crippen LogP contribution in [0, 0.1) is 18.8 Å². The molecule has 2 fully saturated rings. The second-order valence-corrected chi connectivity index (χ2v) is 6.92. The van der Waals surface area contributed by atoms with Crippen LogP contribution in [-0.2, 0) is 0 Å². The Hall–Kier alpha value is -1.09. The van der Waals surface area contributed by atoms with Crippen molar-refractivity contribution in [1.29, 1.82) is 0 Å². The van der Waals surface area contributed by atoms with Crippen molar-refractivity contribution in [3.05, 3.63) is 24.0 Å². The Bertz CT molecular complexity index is 443. The number of rotatable bonds is 3. The maximum Gasteiger partial charge on any atom is 0.0531 e. The predicted molar refractivity (Wildman–Crippen MR) is 83.9 cm³/mol. The summed E-state index contributed by atoms with van der Waals surface area (Å²) in [7, 11) is 0. The highest BCUT2D eigenvalue weighted by Crippen LogP contribution is 2.37. The molecule has 0 radical (unpaired) electrons. The third-order valence-electron chi connectivity index (χ3n) is 5.04. The average molecular weight is 273 g/mol. The minimum absolute atomic E-state index is 0.641. The van der Waals surface area contributed by atoms with Gasteiger partial charge in [0.05, 0.1) is 5.69 Å². The van der Waals surface area contributed by atoms with E-state index in [2.05, 4.69) is 42.0 Å². The van der Waals surface area contributed by atoms with Crippen LogP contribution in [0.15, 0.2) is 18.5 Å². The van der Waals surface area contributed by atoms with Crippen LogP contribution in [0.5, 0.6) is 0 Å². The Morgan fingerprint density at radius 2 is 1.90 bits per heavy atom. The van der Waals surface area contributed by atoms with Crippen molar-refractivity contribution in [1.82, 2.24) is 9.88 Å². The highest BCUT2D eigenvalue weighted by molar-refractivity contribution is 5.44. The Kier molecular flexibility index (Phi) is 3.97. The minimum Gasteiger partial charge on any atom is -0.380 e. The van der Waals surface area contributed by atoms with E-state index in [1.165, 1.54) is 43.6 Å². The molecule has 1 aliphatic heterocycles. The molecule has 2 heterocycles. The fourth-order valence-electron chi connectivity index (χ4n) is 3.96. The molecule has 1 aromatic heterocycles. The Labute approximate surface area is 122 Å². The van der Waals surface area contributed by atoms with E-state index in [1.807, 2.05) is 12.4 Å². The molecule has 20 heavy (non-hydrogen) atoms. The van der Waals surface area contributed by atoms with E-state index in [4.69, 9.17) is 0 Å². The van der Waals surface area contributed by atoms with Crippen LogP contribution in [0.3, 0.4) is 0 Å². The number of pyridine rings is 1. The van der Waals surface area contributed by atoms with Crippen LogP contribution in [0.4, 0.5) is 5.69 Å². The second kappa shape index (κ2) is 5.72. The first-order chi connectivity index (χ1) is 9.63. The Morgan fingerprint density at radius 1 is 1.20 bits per heavy atom. The SMILES string of the molecule is Cc1cncc(NC2C3CCCC2CN(C(C)C)C3)c1. The monoisotopic (exact) mass is 273 g/mol. The molecule has 2 aliphatic rings.